The van der Waals surface area contributed by atoms with Crippen LogP contribution in [0.15, 0.2) is 18.5 Å². The molecule has 2 aromatic rings. The van der Waals surface area contributed by atoms with Crippen molar-refractivity contribution in [2.24, 2.45) is 5.84 Å². The number of anilines is 2. The Kier molecular flexibility index (Phi) is 5.24. The van der Waals surface area contributed by atoms with Crippen LogP contribution < -0.4 is 16.6 Å². The normalized spacial score (nSPS) is 10.5. The zero-order valence-electron chi connectivity index (χ0n) is 11.6. The lowest BCUT2D eigenvalue weighted by Gasteiger charge is -2.09. The highest BCUT2D eigenvalue weighted by atomic mass is 15.4. The van der Waals surface area contributed by atoms with E-state index >= 15 is 0 Å². The Morgan fingerprint density at radius 3 is 2.85 bits per heavy atom. The fraction of sp³-hybridized carbons (Fsp3) is 0.500. The molecule has 0 unspecified atom stereocenters. The number of aromatic nitrogens is 5. The summed E-state index contributed by atoms with van der Waals surface area (Å²) < 4.78 is 1.80. The lowest BCUT2D eigenvalue weighted by Crippen LogP contribution is -2.13. The molecule has 0 fully saturated rings. The fourth-order valence-corrected chi connectivity index (χ4v) is 1.81. The molecule has 0 aliphatic heterocycles. The highest BCUT2D eigenvalue weighted by Gasteiger charge is 2.03. The van der Waals surface area contributed by atoms with Crippen LogP contribution in [0.3, 0.4) is 0 Å². The highest BCUT2D eigenvalue weighted by Crippen LogP contribution is 2.11. The summed E-state index contributed by atoms with van der Waals surface area (Å²) in [5, 5.41) is 10.9. The Hall–Kier alpha value is -2.22. The quantitative estimate of drug-likeness (QED) is 0.372. The maximum absolute atomic E-state index is 5.42. The lowest BCUT2D eigenvalue weighted by atomic mass is 10.3. The SMILES string of the molecule is CCCc1nc(NN)cc(NCCCn2ccnn2)n1. The molecular weight excluding hydrogens is 256 g/mol. The van der Waals surface area contributed by atoms with E-state index in [2.05, 4.69) is 37.9 Å². The van der Waals surface area contributed by atoms with Crippen LogP contribution in [0.1, 0.15) is 25.6 Å². The van der Waals surface area contributed by atoms with Crippen molar-refractivity contribution < 1.29 is 0 Å². The molecule has 108 valence electrons. The Morgan fingerprint density at radius 2 is 2.15 bits per heavy atom. The number of nitrogens with zero attached hydrogens (tertiary/aromatic N) is 5. The van der Waals surface area contributed by atoms with Gasteiger partial charge >= 0.3 is 0 Å². The summed E-state index contributed by atoms with van der Waals surface area (Å²) in [6, 6.07) is 1.80. The van der Waals surface area contributed by atoms with E-state index in [4.69, 9.17) is 5.84 Å². The van der Waals surface area contributed by atoms with Gasteiger partial charge in [-0.15, -0.1) is 5.10 Å². The van der Waals surface area contributed by atoms with E-state index in [1.54, 1.807) is 16.9 Å². The van der Waals surface area contributed by atoms with Gasteiger partial charge in [-0.3, -0.25) is 4.68 Å². The number of hydrazine groups is 1. The Bertz CT molecular complexity index is 510. The fourth-order valence-electron chi connectivity index (χ4n) is 1.81. The molecule has 0 aliphatic carbocycles. The minimum Gasteiger partial charge on any atom is -0.370 e. The maximum Gasteiger partial charge on any atom is 0.145 e. The molecule has 2 aromatic heterocycles. The van der Waals surface area contributed by atoms with E-state index in [0.717, 1.165) is 44.0 Å². The molecular formula is C12H20N8. The molecule has 2 heterocycles. The van der Waals surface area contributed by atoms with Crippen molar-refractivity contribution in [3.8, 4) is 0 Å². The van der Waals surface area contributed by atoms with Crippen molar-refractivity contribution in [3.05, 3.63) is 24.3 Å². The van der Waals surface area contributed by atoms with Gasteiger partial charge in [0.1, 0.15) is 17.5 Å². The van der Waals surface area contributed by atoms with E-state index in [-0.39, 0.29) is 0 Å². The third-order valence-electron chi connectivity index (χ3n) is 2.74. The molecule has 20 heavy (non-hydrogen) atoms. The van der Waals surface area contributed by atoms with Crippen molar-refractivity contribution in [1.82, 2.24) is 25.0 Å². The third-order valence-corrected chi connectivity index (χ3v) is 2.74. The number of rotatable bonds is 8. The molecule has 0 aliphatic rings. The van der Waals surface area contributed by atoms with E-state index < -0.39 is 0 Å². The van der Waals surface area contributed by atoms with Crippen molar-refractivity contribution in [2.45, 2.75) is 32.7 Å². The average Bonchev–Trinajstić information content (AvgIpc) is 2.97. The molecule has 0 radical (unpaired) electrons. The Labute approximate surface area is 117 Å². The first-order valence-electron chi connectivity index (χ1n) is 6.74. The molecule has 0 atom stereocenters. The summed E-state index contributed by atoms with van der Waals surface area (Å²) in [4.78, 5) is 8.75. The summed E-state index contributed by atoms with van der Waals surface area (Å²) in [6.45, 7) is 3.71. The molecule has 0 aromatic carbocycles. The van der Waals surface area contributed by atoms with Crippen LogP contribution >= 0.6 is 0 Å². The smallest absolute Gasteiger partial charge is 0.145 e. The standard InChI is InChI=1S/C12H20N8/c1-2-4-10-16-11(9-12(17-10)18-13)14-5-3-7-20-8-6-15-19-20/h6,8-9H,2-5,7,13H2,1H3,(H2,14,16,17,18). The lowest BCUT2D eigenvalue weighted by molar-refractivity contribution is 0.569. The second-order valence-electron chi connectivity index (χ2n) is 4.40. The van der Waals surface area contributed by atoms with E-state index in [1.165, 1.54) is 0 Å². The van der Waals surface area contributed by atoms with Gasteiger partial charge in [0.2, 0.25) is 0 Å². The summed E-state index contributed by atoms with van der Waals surface area (Å²) in [5.74, 6) is 7.62. The van der Waals surface area contributed by atoms with Crippen LogP contribution in [0.4, 0.5) is 11.6 Å². The first-order chi connectivity index (χ1) is 9.81. The minimum absolute atomic E-state index is 0.627. The van der Waals surface area contributed by atoms with Gasteiger partial charge in [-0.1, -0.05) is 12.1 Å². The predicted octanol–water partition coefficient (Wildman–Crippen LogP) is 0.808. The molecule has 2 rings (SSSR count). The van der Waals surface area contributed by atoms with Crippen LogP contribution in [0, 0.1) is 0 Å². The van der Waals surface area contributed by atoms with Gasteiger partial charge in [0.15, 0.2) is 0 Å². The number of nitrogen functional groups attached to an aromatic ring is 1. The number of hydrogen-bond donors (Lipinski definition) is 3. The molecule has 0 bridgehead atoms. The Balaban J connectivity index is 1.86. The van der Waals surface area contributed by atoms with Gasteiger partial charge in [-0.05, 0) is 12.8 Å². The van der Waals surface area contributed by atoms with Gasteiger partial charge in [0.25, 0.3) is 0 Å². The first kappa shape index (κ1) is 14.2. The molecule has 0 amide bonds. The monoisotopic (exact) mass is 276 g/mol. The van der Waals surface area contributed by atoms with Crippen LogP contribution in [-0.4, -0.2) is 31.5 Å². The molecule has 8 nitrogen and oxygen atoms in total. The van der Waals surface area contributed by atoms with Gasteiger partial charge in [-0.25, -0.2) is 15.8 Å². The molecule has 4 N–H and O–H groups in total. The number of hydrogen-bond acceptors (Lipinski definition) is 7. The third kappa shape index (κ3) is 4.16. The van der Waals surface area contributed by atoms with Crippen molar-refractivity contribution >= 4 is 11.6 Å². The number of nitrogens with one attached hydrogen (secondary N) is 2. The van der Waals surface area contributed by atoms with Crippen LogP contribution in [0.2, 0.25) is 0 Å². The first-order valence-corrected chi connectivity index (χ1v) is 6.74. The summed E-state index contributed by atoms with van der Waals surface area (Å²) in [7, 11) is 0. The predicted molar refractivity (Wildman–Crippen MR) is 77.0 cm³/mol. The van der Waals surface area contributed by atoms with Crippen molar-refractivity contribution in [3.63, 3.8) is 0 Å². The van der Waals surface area contributed by atoms with Crippen molar-refractivity contribution in [2.75, 3.05) is 17.3 Å². The topological polar surface area (TPSA) is 107 Å². The summed E-state index contributed by atoms with van der Waals surface area (Å²) in [5.41, 5.74) is 2.57. The van der Waals surface area contributed by atoms with Crippen LogP contribution in [0.25, 0.3) is 0 Å². The van der Waals surface area contributed by atoms with E-state index in [0.29, 0.717) is 5.82 Å². The van der Waals surface area contributed by atoms with E-state index in [1.807, 2.05) is 6.20 Å². The highest BCUT2D eigenvalue weighted by molar-refractivity contribution is 5.46. The van der Waals surface area contributed by atoms with E-state index in [9.17, 15) is 0 Å². The maximum atomic E-state index is 5.42. The molecule has 0 saturated heterocycles. The summed E-state index contributed by atoms with van der Waals surface area (Å²) in [6.07, 6.45) is 6.29. The molecule has 0 spiro atoms. The van der Waals surface area contributed by atoms with Gasteiger partial charge in [-0.2, -0.15) is 0 Å². The minimum atomic E-state index is 0.627. The van der Waals surface area contributed by atoms with Crippen LogP contribution in [0.5, 0.6) is 0 Å². The number of aryl methyl sites for hydroxylation is 2. The Morgan fingerprint density at radius 1 is 1.30 bits per heavy atom. The van der Waals surface area contributed by atoms with Gasteiger partial charge in [0.05, 0.1) is 6.20 Å². The van der Waals surface area contributed by atoms with Gasteiger partial charge in [0, 0.05) is 31.8 Å². The van der Waals surface area contributed by atoms with Crippen molar-refractivity contribution in [1.29, 1.82) is 0 Å². The number of nitrogens with two attached hydrogens (primary N) is 1. The van der Waals surface area contributed by atoms with Crippen LogP contribution in [-0.2, 0) is 13.0 Å². The zero-order chi connectivity index (χ0) is 14.2. The zero-order valence-corrected chi connectivity index (χ0v) is 11.6. The average molecular weight is 276 g/mol. The largest absolute Gasteiger partial charge is 0.370 e. The second-order valence-corrected chi connectivity index (χ2v) is 4.40. The summed E-state index contributed by atoms with van der Waals surface area (Å²) >= 11 is 0. The van der Waals surface area contributed by atoms with Gasteiger partial charge < -0.3 is 10.7 Å². The molecule has 0 saturated carbocycles. The molecule has 8 heteroatoms. The second kappa shape index (κ2) is 7.39.